The lowest BCUT2D eigenvalue weighted by atomic mass is 9.95. The second kappa shape index (κ2) is 9.75. The van der Waals surface area contributed by atoms with Crippen molar-refractivity contribution in [2.24, 2.45) is 0 Å². The van der Waals surface area contributed by atoms with Crippen LogP contribution in [0.15, 0.2) is 48.7 Å². The Bertz CT molecular complexity index is 1080. The molecule has 0 fully saturated rings. The SMILES string of the molecule is CCCCOC(=O)NC(c1ccc(OC)cc1)c1cc([N+](=O)[O-])c2cccnc2c1O. The number of nitro groups is 1. The molecule has 3 aromatic rings. The molecule has 3 rings (SSSR count). The van der Waals surface area contributed by atoms with Gasteiger partial charge in [-0.3, -0.25) is 15.1 Å². The van der Waals surface area contributed by atoms with Gasteiger partial charge in [0.1, 0.15) is 17.0 Å². The summed E-state index contributed by atoms with van der Waals surface area (Å²) in [6.07, 6.45) is 2.30. The molecule has 9 nitrogen and oxygen atoms in total. The van der Waals surface area contributed by atoms with E-state index < -0.39 is 17.1 Å². The van der Waals surface area contributed by atoms with Gasteiger partial charge in [0.15, 0.2) is 0 Å². The third-order valence-electron chi connectivity index (χ3n) is 4.82. The molecule has 0 saturated heterocycles. The Kier molecular flexibility index (Phi) is 6.86. The van der Waals surface area contributed by atoms with Crippen LogP contribution in [0.4, 0.5) is 10.5 Å². The van der Waals surface area contributed by atoms with Crippen molar-refractivity contribution in [2.75, 3.05) is 13.7 Å². The quantitative estimate of drug-likeness (QED) is 0.310. The van der Waals surface area contributed by atoms with E-state index in [-0.39, 0.29) is 34.5 Å². The number of nitrogens with zero attached hydrogens (tertiary/aromatic N) is 2. The van der Waals surface area contributed by atoms with Gasteiger partial charge in [-0.05, 0) is 36.2 Å². The van der Waals surface area contributed by atoms with Crippen LogP contribution in [0.5, 0.6) is 11.5 Å². The zero-order valence-electron chi connectivity index (χ0n) is 17.2. The number of benzene rings is 2. The minimum atomic E-state index is -0.912. The lowest BCUT2D eigenvalue weighted by Crippen LogP contribution is -2.30. The number of unbranched alkanes of at least 4 members (excludes halogenated alkanes) is 1. The van der Waals surface area contributed by atoms with Crippen molar-refractivity contribution in [3.8, 4) is 11.5 Å². The number of alkyl carbamates (subject to hydrolysis) is 1. The van der Waals surface area contributed by atoms with Crippen molar-refractivity contribution in [2.45, 2.75) is 25.8 Å². The normalized spacial score (nSPS) is 11.7. The van der Waals surface area contributed by atoms with E-state index in [0.29, 0.717) is 17.7 Å². The summed E-state index contributed by atoms with van der Waals surface area (Å²) in [5.74, 6) is 0.347. The summed E-state index contributed by atoms with van der Waals surface area (Å²) >= 11 is 0. The third kappa shape index (κ3) is 4.82. The number of phenols is 1. The second-order valence-corrected chi connectivity index (χ2v) is 6.83. The van der Waals surface area contributed by atoms with Gasteiger partial charge in [0.2, 0.25) is 0 Å². The fourth-order valence-corrected chi connectivity index (χ4v) is 3.21. The van der Waals surface area contributed by atoms with Gasteiger partial charge in [0.05, 0.1) is 30.1 Å². The second-order valence-electron chi connectivity index (χ2n) is 6.83. The molecular formula is C22H23N3O6. The summed E-state index contributed by atoms with van der Waals surface area (Å²) in [5, 5.41) is 25.5. The molecule has 1 unspecified atom stereocenters. The minimum absolute atomic E-state index is 0.0753. The Morgan fingerprint density at radius 2 is 2.03 bits per heavy atom. The number of non-ortho nitro benzene ring substituents is 1. The van der Waals surface area contributed by atoms with Crippen molar-refractivity contribution in [1.82, 2.24) is 10.3 Å². The molecule has 0 saturated carbocycles. The molecule has 1 heterocycles. The Hall–Kier alpha value is -3.88. The number of fused-ring (bicyclic) bond motifs is 1. The van der Waals surface area contributed by atoms with Crippen molar-refractivity contribution in [1.29, 1.82) is 0 Å². The number of aromatic nitrogens is 1. The van der Waals surface area contributed by atoms with Crippen LogP contribution >= 0.6 is 0 Å². The average molecular weight is 425 g/mol. The maximum absolute atomic E-state index is 12.4. The first-order chi connectivity index (χ1) is 15.0. The fraction of sp³-hybridized carbons (Fsp3) is 0.273. The first-order valence-corrected chi connectivity index (χ1v) is 9.78. The summed E-state index contributed by atoms with van der Waals surface area (Å²) in [6, 6.07) is 10.2. The molecule has 0 spiro atoms. The molecular weight excluding hydrogens is 402 g/mol. The largest absolute Gasteiger partial charge is 0.505 e. The number of hydrogen-bond acceptors (Lipinski definition) is 7. The number of amides is 1. The molecule has 162 valence electrons. The molecule has 1 amide bonds. The topological polar surface area (TPSA) is 124 Å². The third-order valence-corrected chi connectivity index (χ3v) is 4.82. The number of nitro benzene ring substituents is 1. The molecule has 0 radical (unpaired) electrons. The van der Waals surface area contributed by atoms with E-state index >= 15 is 0 Å². The van der Waals surface area contributed by atoms with Crippen molar-refractivity contribution in [3.05, 3.63) is 69.9 Å². The zero-order valence-corrected chi connectivity index (χ0v) is 17.2. The summed E-state index contributed by atoms with van der Waals surface area (Å²) in [6.45, 7) is 2.21. The molecule has 2 N–H and O–H groups in total. The summed E-state index contributed by atoms with van der Waals surface area (Å²) in [4.78, 5) is 27.7. The summed E-state index contributed by atoms with van der Waals surface area (Å²) in [7, 11) is 1.53. The molecule has 0 bridgehead atoms. The highest BCUT2D eigenvalue weighted by molar-refractivity contribution is 5.93. The van der Waals surface area contributed by atoms with Crippen LogP contribution in [-0.2, 0) is 4.74 Å². The first-order valence-electron chi connectivity index (χ1n) is 9.78. The van der Waals surface area contributed by atoms with Crippen molar-refractivity contribution in [3.63, 3.8) is 0 Å². The highest BCUT2D eigenvalue weighted by Crippen LogP contribution is 2.39. The molecule has 9 heteroatoms. The smallest absolute Gasteiger partial charge is 0.407 e. The van der Waals surface area contributed by atoms with Crippen molar-refractivity contribution < 1.29 is 24.3 Å². The molecule has 0 aliphatic carbocycles. The van der Waals surface area contributed by atoms with E-state index in [1.807, 2.05) is 6.92 Å². The number of carbonyl (C=O) groups is 1. The van der Waals surface area contributed by atoms with Crippen LogP contribution in [-0.4, -0.2) is 34.8 Å². The molecule has 1 atom stereocenters. The standard InChI is InChI=1S/C22H23N3O6/c1-3-4-12-31-22(27)24-19(14-7-9-15(30-2)10-8-14)17-13-18(25(28)29)16-6-5-11-23-20(16)21(17)26/h5-11,13,19,26H,3-4,12H2,1-2H3,(H,24,27). The Morgan fingerprint density at radius 1 is 1.29 bits per heavy atom. The van der Waals surface area contributed by atoms with Crippen LogP contribution in [0.2, 0.25) is 0 Å². The fourth-order valence-electron chi connectivity index (χ4n) is 3.21. The van der Waals surface area contributed by atoms with Gasteiger partial charge in [-0.15, -0.1) is 0 Å². The number of nitrogens with one attached hydrogen (secondary N) is 1. The van der Waals surface area contributed by atoms with E-state index in [1.54, 1.807) is 30.3 Å². The van der Waals surface area contributed by atoms with E-state index in [2.05, 4.69) is 10.3 Å². The zero-order chi connectivity index (χ0) is 22.4. The van der Waals surface area contributed by atoms with Gasteiger partial charge >= 0.3 is 6.09 Å². The number of aromatic hydroxyl groups is 1. The molecule has 0 aliphatic heterocycles. The predicted molar refractivity (Wildman–Crippen MR) is 114 cm³/mol. The minimum Gasteiger partial charge on any atom is -0.505 e. The van der Waals surface area contributed by atoms with Gasteiger partial charge in [0, 0.05) is 17.8 Å². The maximum atomic E-state index is 12.4. The average Bonchev–Trinajstić information content (AvgIpc) is 2.78. The number of phenolic OH excluding ortho intramolecular Hbond substituents is 1. The Labute approximate surface area is 178 Å². The van der Waals surface area contributed by atoms with Crippen LogP contribution in [0.1, 0.15) is 36.9 Å². The number of methoxy groups -OCH3 is 1. The van der Waals surface area contributed by atoms with Gasteiger partial charge in [0.25, 0.3) is 5.69 Å². The molecule has 2 aromatic carbocycles. The molecule has 31 heavy (non-hydrogen) atoms. The highest BCUT2D eigenvalue weighted by Gasteiger charge is 2.27. The summed E-state index contributed by atoms with van der Waals surface area (Å²) < 4.78 is 10.4. The molecule has 0 aliphatic rings. The van der Waals surface area contributed by atoms with Crippen LogP contribution in [0, 0.1) is 10.1 Å². The van der Waals surface area contributed by atoms with Gasteiger partial charge in [-0.2, -0.15) is 0 Å². The van der Waals surface area contributed by atoms with Gasteiger partial charge < -0.3 is 19.9 Å². The van der Waals surface area contributed by atoms with E-state index in [9.17, 15) is 20.0 Å². The number of carbonyl (C=O) groups excluding carboxylic acids is 1. The van der Waals surface area contributed by atoms with Crippen molar-refractivity contribution >= 4 is 22.7 Å². The highest BCUT2D eigenvalue weighted by atomic mass is 16.6. The van der Waals surface area contributed by atoms with Crippen LogP contribution in [0.25, 0.3) is 10.9 Å². The van der Waals surface area contributed by atoms with Crippen LogP contribution in [0.3, 0.4) is 0 Å². The Balaban J connectivity index is 2.11. The summed E-state index contributed by atoms with van der Waals surface area (Å²) in [5.41, 5.74) is 0.561. The first kappa shape index (κ1) is 21.8. The maximum Gasteiger partial charge on any atom is 0.407 e. The van der Waals surface area contributed by atoms with E-state index in [0.717, 1.165) is 6.42 Å². The predicted octanol–water partition coefficient (Wildman–Crippen LogP) is 4.47. The lowest BCUT2D eigenvalue weighted by molar-refractivity contribution is -0.383. The monoisotopic (exact) mass is 425 g/mol. The number of ether oxygens (including phenoxy) is 2. The number of hydrogen-bond donors (Lipinski definition) is 2. The lowest BCUT2D eigenvalue weighted by Gasteiger charge is -2.21. The Morgan fingerprint density at radius 3 is 2.68 bits per heavy atom. The number of rotatable bonds is 8. The van der Waals surface area contributed by atoms with E-state index in [1.165, 1.54) is 25.4 Å². The number of pyridine rings is 1. The van der Waals surface area contributed by atoms with Gasteiger partial charge in [-0.1, -0.05) is 25.5 Å². The molecule has 1 aromatic heterocycles. The van der Waals surface area contributed by atoms with Crippen LogP contribution < -0.4 is 10.1 Å². The van der Waals surface area contributed by atoms with E-state index in [4.69, 9.17) is 9.47 Å². The van der Waals surface area contributed by atoms with Gasteiger partial charge in [-0.25, -0.2) is 4.79 Å².